The fraction of sp³-hybridized carbons (Fsp3) is 0.471. The minimum atomic E-state index is 0.113. The minimum Gasteiger partial charge on any atom is -0.378 e. The van der Waals surface area contributed by atoms with Crippen LogP contribution in [0.3, 0.4) is 0 Å². The first kappa shape index (κ1) is 17.5. The number of hydrogen-bond acceptors (Lipinski definition) is 6. The molecule has 3 heterocycles. The zero-order valence-electron chi connectivity index (χ0n) is 14.3. The number of ether oxygens (including phenoxy) is 1. The van der Waals surface area contributed by atoms with Crippen LogP contribution in [0.25, 0.3) is 10.6 Å². The van der Waals surface area contributed by atoms with Crippen molar-refractivity contribution in [3.63, 3.8) is 0 Å². The van der Waals surface area contributed by atoms with Crippen LogP contribution in [0.1, 0.15) is 0 Å². The molecular formula is C17H20ClN5O2S. The van der Waals surface area contributed by atoms with Crippen LogP contribution in [0.5, 0.6) is 0 Å². The van der Waals surface area contributed by atoms with E-state index in [4.69, 9.17) is 16.3 Å². The molecule has 0 aliphatic carbocycles. The summed E-state index contributed by atoms with van der Waals surface area (Å²) in [5.41, 5.74) is 0.902. The second-order valence-electron chi connectivity index (χ2n) is 6.23. The Morgan fingerprint density at radius 2 is 1.69 bits per heavy atom. The summed E-state index contributed by atoms with van der Waals surface area (Å²) in [6.45, 7) is 5.50. The third-order valence-electron chi connectivity index (χ3n) is 4.62. The molecule has 2 saturated heterocycles. The molecule has 9 heteroatoms. The maximum absolute atomic E-state index is 12.6. The molecule has 0 unspecified atom stereocenters. The molecule has 2 aliphatic rings. The minimum absolute atomic E-state index is 0.113. The van der Waals surface area contributed by atoms with Gasteiger partial charge < -0.3 is 19.4 Å². The predicted octanol–water partition coefficient (Wildman–Crippen LogP) is 2.43. The summed E-state index contributed by atoms with van der Waals surface area (Å²) in [4.78, 5) is 18.5. The Hall–Kier alpha value is -1.90. The van der Waals surface area contributed by atoms with Crippen molar-refractivity contribution in [2.75, 3.05) is 57.4 Å². The highest BCUT2D eigenvalue weighted by Gasteiger charge is 2.27. The van der Waals surface area contributed by atoms with Gasteiger partial charge >= 0.3 is 6.03 Å². The number of rotatable bonds is 2. The number of urea groups is 1. The third kappa shape index (κ3) is 3.62. The van der Waals surface area contributed by atoms with Crippen molar-refractivity contribution >= 4 is 34.1 Å². The molecule has 0 radical (unpaired) electrons. The number of hydrogen-bond donors (Lipinski definition) is 0. The van der Waals surface area contributed by atoms with E-state index in [0.717, 1.165) is 28.8 Å². The smallest absolute Gasteiger partial charge is 0.320 e. The van der Waals surface area contributed by atoms with E-state index >= 15 is 0 Å². The van der Waals surface area contributed by atoms with Gasteiger partial charge in [-0.05, 0) is 6.07 Å². The molecule has 0 spiro atoms. The van der Waals surface area contributed by atoms with Crippen molar-refractivity contribution in [2.24, 2.45) is 0 Å². The normalized spacial score (nSPS) is 18.3. The number of amides is 2. The van der Waals surface area contributed by atoms with E-state index in [1.54, 1.807) is 0 Å². The molecule has 2 fully saturated rings. The lowest BCUT2D eigenvalue weighted by Crippen LogP contribution is -2.54. The molecule has 1 aromatic heterocycles. The van der Waals surface area contributed by atoms with Gasteiger partial charge in [-0.15, -0.1) is 10.2 Å². The van der Waals surface area contributed by atoms with Crippen molar-refractivity contribution in [3.05, 3.63) is 29.3 Å². The van der Waals surface area contributed by atoms with Crippen LogP contribution in [0.4, 0.5) is 9.93 Å². The second kappa shape index (κ2) is 7.77. The van der Waals surface area contributed by atoms with Gasteiger partial charge in [-0.25, -0.2) is 4.79 Å². The second-order valence-corrected chi connectivity index (χ2v) is 7.59. The highest BCUT2D eigenvalue weighted by Crippen LogP contribution is 2.33. The molecular weight excluding hydrogens is 374 g/mol. The molecule has 0 bridgehead atoms. The van der Waals surface area contributed by atoms with E-state index in [0.29, 0.717) is 44.4 Å². The van der Waals surface area contributed by atoms with Gasteiger partial charge in [-0.3, -0.25) is 0 Å². The van der Waals surface area contributed by atoms with Crippen LogP contribution in [-0.4, -0.2) is 78.5 Å². The van der Waals surface area contributed by atoms with Crippen LogP contribution in [0.15, 0.2) is 24.3 Å². The Bertz CT molecular complexity index is 772. The highest BCUT2D eigenvalue weighted by atomic mass is 35.5. The number of piperazine rings is 1. The molecule has 4 rings (SSSR count). The average Bonchev–Trinajstić information content (AvgIpc) is 3.18. The van der Waals surface area contributed by atoms with Gasteiger partial charge in [0, 0.05) is 44.8 Å². The first-order valence-corrected chi connectivity index (χ1v) is 9.87. The molecule has 0 atom stereocenters. The van der Waals surface area contributed by atoms with E-state index in [-0.39, 0.29) is 6.03 Å². The molecule has 7 nitrogen and oxygen atoms in total. The molecule has 0 saturated carbocycles. The summed E-state index contributed by atoms with van der Waals surface area (Å²) in [6, 6.07) is 7.76. The lowest BCUT2D eigenvalue weighted by molar-refractivity contribution is 0.0428. The first-order chi connectivity index (χ1) is 12.7. The summed E-state index contributed by atoms with van der Waals surface area (Å²) >= 11 is 7.78. The van der Waals surface area contributed by atoms with E-state index in [1.165, 1.54) is 11.3 Å². The van der Waals surface area contributed by atoms with E-state index < -0.39 is 0 Å². The molecule has 138 valence electrons. The number of nitrogens with zero attached hydrogens (tertiary/aromatic N) is 5. The summed E-state index contributed by atoms with van der Waals surface area (Å²) in [5.74, 6) is 0. The largest absolute Gasteiger partial charge is 0.378 e. The maximum Gasteiger partial charge on any atom is 0.320 e. The number of benzene rings is 1. The fourth-order valence-corrected chi connectivity index (χ4v) is 4.35. The van der Waals surface area contributed by atoms with Gasteiger partial charge in [0.2, 0.25) is 5.13 Å². The van der Waals surface area contributed by atoms with Crippen LogP contribution >= 0.6 is 22.9 Å². The molecule has 2 aromatic rings. The van der Waals surface area contributed by atoms with Gasteiger partial charge in [0.15, 0.2) is 5.01 Å². The standard InChI is InChI=1S/C17H20ClN5O2S/c18-14-4-2-1-3-13(14)15-19-20-16(26-15)21-5-7-22(8-6-21)17(24)23-9-11-25-12-10-23/h1-4H,5-12H2. The molecule has 0 N–H and O–H groups in total. The number of morpholine rings is 1. The van der Waals surface area contributed by atoms with Gasteiger partial charge in [-0.2, -0.15) is 0 Å². The van der Waals surface area contributed by atoms with Crippen molar-refractivity contribution in [2.45, 2.75) is 0 Å². The van der Waals surface area contributed by atoms with E-state index in [9.17, 15) is 4.79 Å². The van der Waals surface area contributed by atoms with Crippen LogP contribution in [-0.2, 0) is 4.74 Å². The fourth-order valence-electron chi connectivity index (χ4n) is 3.13. The number of anilines is 1. The first-order valence-electron chi connectivity index (χ1n) is 8.67. The number of aromatic nitrogens is 2. The lowest BCUT2D eigenvalue weighted by Gasteiger charge is -2.38. The molecule has 2 amide bonds. The highest BCUT2D eigenvalue weighted by molar-refractivity contribution is 7.18. The number of carbonyl (C=O) groups excluding carboxylic acids is 1. The summed E-state index contributed by atoms with van der Waals surface area (Å²) in [6.07, 6.45) is 0. The summed E-state index contributed by atoms with van der Waals surface area (Å²) in [5, 5.41) is 11.0. The summed E-state index contributed by atoms with van der Waals surface area (Å²) < 4.78 is 5.32. The topological polar surface area (TPSA) is 61.8 Å². The van der Waals surface area contributed by atoms with Gasteiger partial charge in [0.25, 0.3) is 0 Å². The zero-order chi connectivity index (χ0) is 17.9. The van der Waals surface area contributed by atoms with Crippen molar-refractivity contribution in [1.82, 2.24) is 20.0 Å². The van der Waals surface area contributed by atoms with Crippen molar-refractivity contribution in [3.8, 4) is 10.6 Å². The quantitative estimate of drug-likeness (QED) is 0.784. The van der Waals surface area contributed by atoms with E-state index in [2.05, 4.69) is 15.1 Å². The van der Waals surface area contributed by atoms with Crippen molar-refractivity contribution < 1.29 is 9.53 Å². The zero-order valence-corrected chi connectivity index (χ0v) is 15.9. The summed E-state index contributed by atoms with van der Waals surface area (Å²) in [7, 11) is 0. The Morgan fingerprint density at radius 3 is 2.42 bits per heavy atom. The Morgan fingerprint density at radius 1 is 1.00 bits per heavy atom. The average molecular weight is 394 g/mol. The molecule has 1 aromatic carbocycles. The SMILES string of the molecule is O=C(N1CCOCC1)N1CCN(c2nnc(-c3ccccc3Cl)s2)CC1. The van der Waals surface area contributed by atoms with Crippen LogP contribution in [0, 0.1) is 0 Å². The number of carbonyl (C=O) groups is 1. The molecule has 2 aliphatic heterocycles. The van der Waals surface area contributed by atoms with Crippen molar-refractivity contribution in [1.29, 1.82) is 0 Å². The van der Waals surface area contributed by atoms with Gasteiger partial charge in [0.05, 0.1) is 18.2 Å². The third-order valence-corrected chi connectivity index (χ3v) is 5.97. The maximum atomic E-state index is 12.6. The van der Waals surface area contributed by atoms with Crippen LogP contribution < -0.4 is 4.90 Å². The van der Waals surface area contributed by atoms with Crippen LogP contribution in [0.2, 0.25) is 5.02 Å². The monoisotopic (exact) mass is 393 g/mol. The Labute approximate surface area is 161 Å². The van der Waals surface area contributed by atoms with E-state index in [1.807, 2.05) is 34.1 Å². The lowest BCUT2D eigenvalue weighted by atomic mass is 10.2. The van der Waals surface area contributed by atoms with Gasteiger partial charge in [0.1, 0.15) is 0 Å². The molecule has 26 heavy (non-hydrogen) atoms. The predicted molar refractivity (Wildman–Crippen MR) is 102 cm³/mol. The van der Waals surface area contributed by atoms with Gasteiger partial charge in [-0.1, -0.05) is 41.1 Å². The number of halogens is 1. The Balaban J connectivity index is 1.38. The Kier molecular flexibility index (Phi) is 5.23.